The highest BCUT2D eigenvalue weighted by Gasteiger charge is 2.20. The van der Waals surface area contributed by atoms with Crippen LogP contribution in [0.4, 0.5) is 0 Å². The van der Waals surface area contributed by atoms with E-state index < -0.39 is 12.5 Å². The molecule has 2 aromatic heterocycles. The van der Waals surface area contributed by atoms with E-state index in [-0.39, 0.29) is 16.9 Å². The van der Waals surface area contributed by atoms with Crippen molar-refractivity contribution in [3.63, 3.8) is 0 Å². The van der Waals surface area contributed by atoms with Gasteiger partial charge in [-0.15, -0.1) is 0 Å². The van der Waals surface area contributed by atoms with E-state index in [4.69, 9.17) is 19.3 Å². The van der Waals surface area contributed by atoms with Crippen LogP contribution < -0.4 is 15.9 Å². The molecule has 2 heterocycles. The summed E-state index contributed by atoms with van der Waals surface area (Å²) in [6.07, 6.45) is 2.24. The first-order valence-electron chi connectivity index (χ1n) is 7.15. The lowest BCUT2D eigenvalue weighted by molar-refractivity contribution is -0.119. The number of ether oxygens (including phenoxy) is 1. The Morgan fingerprint density at radius 2 is 2.13 bits per heavy atom. The van der Waals surface area contributed by atoms with Crippen molar-refractivity contribution >= 4 is 16.9 Å². The number of primary amides is 1. The molecule has 1 amide bonds. The fourth-order valence-electron chi connectivity index (χ4n) is 2.29. The number of furan rings is 1. The number of benzene rings is 1. The van der Waals surface area contributed by atoms with Crippen molar-refractivity contribution in [3.8, 4) is 17.3 Å². The smallest absolute Gasteiger partial charge is 0.255 e. The molecule has 3 aromatic rings. The number of hydrogen-bond acceptors (Lipinski definition) is 5. The summed E-state index contributed by atoms with van der Waals surface area (Å²) in [5.41, 5.74) is 6.15. The highest BCUT2D eigenvalue weighted by molar-refractivity contribution is 5.82. The molecular weight excluding hydrogens is 298 g/mol. The molecule has 6 heteroatoms. The van der Waals surface area contributed by atoms with E-state index in [2.05, 4.69) is 0 Å². The zero-order valence-electron chi connectivity index (χ0n) is 12.5. The topological polar surface area (TPSA) is 95.7 Å². The zero-order valence-corrected chi connectivity index (χ0v) is 12.5. The summed E-state index contributed by atoms with van der Waals surface area (Å²) < 4.78 is 16.4. The largest absolute Gasteiger partial charge is 0.476 e. The summed E-state index contributed by atoms with van der Waals surface area (Å²) in [4.78, 5) is 23.7. The van der Waals surface area contributed by atoms with Gasteiger partial charge in [0.05, 0.1) is 11.6 Å². The Kier molecular flexibility index (Phi) is 3.89. The molecule has 0 aliphatic heterocycles. The number of nitrogens with two attached hydrogens (primary N) is 1. The molecule has 0 saturated heterocycles. The van der Waals surface area contributed by atoms with Crippen LogP contribution in [0.5, 0.6) is 5.75 Å². The lowest BCUT2D eigenvalue weighted by Gasteiger charge is -2.09. The fourth-order valence-corrected chi connectivity index (χ4v) is 2.29. The molecule has 118 valence electrons. The standard InChI is InChI=1S/C17H15NO5/c1-2-10-5-6-12-11(8-10)15(20)17(22-9-14(18)19)16(23-12)13-4-3-7-21-13/h3-8H,2,9H2,1H3,(H2,18,19). The summed E-state index contributed by atoms with van der Waals surface area (Å²) in [6, 6.07) is 8.68. The van der Waals surface area contributed by atoms with E-state index in [1.165, 1.54) is 6.26 Å². The number of amides is 1. The van der Waals surface area contributed by atoms with Gasteiger partial charge in [-0.3, -0.25) is 9.59 Å². The second-order valence-electron chi connectivity index (χ2n) is 5.01. The van der Waals surface area contributed by atoms with Crippen LogP contribution in [0.2, 0.25) is 0 Å². The second kappa shape index (κ2) is 6.00. The normalized spacial score (nSPS) is 10.8. The van der Waals surface area contributed by atoms with Gasteiger partial charge in [-0.25, -0.2) is 0 Å². The van der Waals surface area contributed by atoms with Crippen LogP contribution >= 0.6 is 0 Å². The predicted molar refractivity (Wildman–Crippen MR) is 84.3 cm³/mol. The molecule has 6 nitrogen and oxygen atoms in total. The lowest BCUT2D eigenvalue weighted by Crippen LogP contribution is -2.22. The van der Waals surface area contributed by atoms with Crippen LogP contribution in [-0.2, 0) is 11.2 Å². The van der Waals surface area contributed by atoms with Gasteiger partial charge in [0.2, 0.25) is 16.9 Å². The van der Waals surface area contributed by atoms with Crippen LogP contribution in [-0.4, -0.2) is 12.5 Å². The minimum Gasteiger partial charge on any atom is -0.476 e. The molecule has 0 aliphatic rings. The first kappa shape index (κ1) is 14.9. The van der Waals surface area contributed by atoms with Gasteiger partial charge in [-0.05, 0) is 36.2 Å². The Hall–Kier alpha value is -3.02. The Labute approximate surface area is 131 Å². The molecule has 0 fully saturated rings. The average Bonchev–Trinajstić information content (AvgIpc) is 3.07. The molecule has 0 bridgehead atoms. The number of hydrogen-bond donors (Lipinski definition) is 1. The molecular formula is C17H15NO5. The quantitative estimate of drug-likeness (QED) is 0.780. The summed E-state index contributed by atoms with van der Waals surface area (Å²) in [5.74, 6) is -0.294. The van der Waals surface area contributed by atoms with Crippen LogP contribution in [0.25, 0.3) is 22.5 Å². The molecule has 0 aliphatic carbocycles. The van der Waals surface area contributed by atoms with Gasteiger partial charge in [0.15, 0.2) is 12.4 Å². The molecule has 2 N–H and O–H groups in total. The fraction of sp³-hybridized carbons (Fsp3) is 0.176. The average molecular weight is 313 g/mol. The Morgan fingerprint density at radius 3 is 2.78 bits per heavy atom. The third kappa shape index (κ3) is 2.83. The number of fused-ring (bicyclic) bond motifs is 1. The van der Waals surface area contributed by atoms with Crippen LogP contribution in [0.1, 0.15) is 12.5 Å². The van der Waals surface area contributed by atoms with E-state index in [0.29, 0.717) is 16.7 Å². The third-order valence-electron chi connectivity index (χ3n) is 3.43. The van der Waals surface area contributed by atoms with Crippen molar-refractivity contribution in [2.24, 2.45) is 5.73 Å². The molecule has 0 unspecified atom stereocenters. The number of carbonyl (C=O) groups is 1. The maximum atomic E-state index is 12.7. The first-order valence-corrected chi connectivity index (χ1v) is 7.15. The van der Waals surface area contributed by atoms with Crippen molar-refractivity contribution in [1.29, 1.82) is 0 Å². The van der Waals surface area contributed by atoms with Crippen LogP contribution in [0, 0.1) is 0 Å². The van der Waals surface area contributed by atoms with Crippen molar-refractivity contribution < 1.29 is 18.4 Å². The Morgan fingerprint density at radius 1 is 1.30 bits per heavy atom. The van der Waals surface area contributed by atoms with Crippen LogP contribution in [0.15, 0.2) is 50.2 Å². The number of carbonyl (C=O) groups excluding carboxylic acids is 1. The van der Waals surface area contributed by atoms with E-state index in [1.54, 1.807) is 24.3 Å². The Bertz CT molecular complexity index is 909. The van der Waals surface area contributed by atoms with Crippen molar-refractivity contribution in [2.45, 2.75) is 13.3 Å². The second-order valence-corrected chi connectivity index (χ2v) is 5.01. The zero-order chi connectivity index (χ0) is 16.4. The highest BCUT2D eigenvalue weighted by Crippen LogP contribution is 2.31. The molecule has 23 heavy (non-hydrogen) atoms. The van der Waals surface area contributed by atoms with Gasteiger partial charge in [0, 0.05) is 0 Å². The van der Waals surface area contributed by atoms with E-state index in [0.717, 1.165) is 12.0 Å². The Balaban J connectivity index is 2.25. The van der Waals surface area contributed by atoms with E-state index in [9.17, 15) is 9.59 Å². The maximum absolute atomic E-state index is 12.7. The highest BCUT2D eigenvalue weighted by atomic mass is 16.5. The predicted octanol–water partition coefficient (Wildman–Crippen LogP) is 2.48. The molecule has 3 rings (SSSR count). The SMILES string of the molecule is CCc1ccc2oc(-c3ccco3)c(OCC(N)=O)c(=O)c2c1. The number of rotatable bonds is 5. The van der Waals surface area contributed by atoms with Gasteiger partial charge in [0.25, 0.3) is 5.91 Å². The maximum Gasteiger partial charge on any atom is 0.255 e. The van der Waals surface area contributed by atoms with Gasteiger partial charge >= 0.3 is 0 Å². The molecule has 0 atom stereocenters. The van der Waals surface area contributed by atoms with Crippen molar-refractivity contribution in [3.05, 3.63) is 52.4 Å². The monoisotopic (exact) mass is 313 g/mol. The summed E-state index contributed by atoms with van der Waals surface area (Å²) in [6.45, 7) is 1.57. The molecule has 0 spiro atoms. The van der Waals surface area contributed by atoms with Crippen molar-refractivity contribution in [2.75, 3.05) is 6.61 Å². The summed E-state index contributed by atoms with van der Waals surface area (Å²) >= 11 is 0. The van der Waals surface area contributed by atoms with E-state index >= 15 is 0 Å². The van der Waals surface area contributed by atoms with Gasteiger partial charge < -0.3 is 19.3 Å². The number of aryl methyl sites for hydroxylation is 1. The lowest BCUT2D eigenvalue weighted by atomic mass is 10.1. The molecule has 0 radical (unpaired) electrons. The minimum absolute atomic E-state index is 0.0838. The molecule has 0 saturated carbocycles. The summed E-state index contributed by atoms with van der Waals surface area (Å²) in [7, 11) is 0. The van der Waals surface area contributed by atoms with Gasteiger partial charge in [-0.1, -0.05) is 13.0 Å². The van der Waals surface area contributed by atoms with E-state index in [1.807, 2.05) is 13.0 Å². The minimum atomic E-state index is -0.683. The molecule has 1 aromatic carbocycles. The first-order chi connectivity index (χ1) is 11.1. The van der Waals surface area contributed by atoms with Gasteiger partial charge in [-0.2, -0.15) is 0 Å². The van der Waals surface area contributed by atoms with Crippen molar-refractivity contribution in [1.82, 2.24) is 0 Å². The third-order valence-corrected chi connectivity index (χ3v) is 3.43. The van der Waals surface area contributed by atoms with Gasteiger partial charge in [0.1, 0.15) is 5.58 Å². The van der Waals surface area contributed by atoms with Crippen LogP contribution in [0.3, 0.4) is 0 Å². The summed E-state index contributed by atoms with van der Waals surface area (Å²) in [5, 5.41) is 0.388.